The molecule has 0 radical (unpaired) electrons. The molecule has 2 aromatic heterocycles. The number of aromatic nitrogens is 4. The van der Waals surface area contributed by atoms with Gasteiger partial charge in [0.05, 0.1) is 12.0 Å². The van der Waals surface area contributed by atoms with Gasteiger partial charge in [-0.2, -0.15) is 5.10 Å². The maximum Gasteiger partial charge on any atom is 0.272 e. The second-order valence-corrected chi connectivity index (χ2v) is 6.92. The Kier molecular flexibility index (Phi) is 4.99. The Labute approximate surface area is 142 Å². The third-order valence-corrected chi connectivity index (χ3v) is 4.53. The Hall–Kier alpha value is -2.15. The number of nitrogens with one attached hydrogen (secondary N) is 1. The predicted molar refractivity (Wildman–Crippen MR) is 91.5 cm³/mol. The van der Waals surface area contributed by atoms with Gasteiger partial charge in [-0.3, -0.25) is 9.48 Å². The molecule has 0 spiro atoms. The van der Waals surface area contributed by atoms with E-state index in [2.05, 4.69) is 41.2 Å². The van der Waals surface area contributed by atoms with Crippen molar-refractivity contribution in [3.8, 4) is 0 Å². The number of hydrogen-bond acceptors (Lipinski definition) is 4. The Morgan fingerprint density at radius 3 is 2.92 bits per heavy atom. The third kappa shape index (κ3) is 3.84. The number of carbonyl (C=O) groups excluding carboxylic acids is 1. The zero-order valence-electron chi connectivity index (χ0n) is 14.6. The van der Waals surface area contributed by atoms with Gasteiger partial charge in [-0.1, -0.05) is 13.8 Å². The molecule has 0 fully saturated rings. The first kappa shape index (κ1) is 16.7. The lowest BCUT2D eigenvalue weighted by Crippen LogP contribution is -2.41. The van der Waals surface area contributed by atoms with Crippen molar-refractivity contribution in [2.75, 3.05) is 13.6 Å². The van der Waals surface area contributed by atoms with Gasteiger partial charge in [0.2, 0.25) is 0 Å². The molecule has 1 aliphatic heterocycles. The number of rotatable bonds is 5. The largest absolute Gasteiger partial charge is 0.346 e. The number of fused-ring (bicyclic) bond motifs is 1. The summed E-state index contributed by atoms with van der Waals surface area (Å²) in [6, 6.07) is 1.96. The molecule has 130 valence electrons. The summed E-state index contributed by atoms with van der Waals surface area (Å²) in [5.74, 6) is 0.222. The first-order valence-electron chi connectivity index (χ1n) is 8.55. The summed E-state index contributed by atoms with van der Waals surface area (Å²) in [4.78, 5) is 19.0. The van der Waals surface area contributed by atoms with Gasteiger partial charge < -0.3 is 14.8 Å². The number of hydrogen-bond donors (Lipinski definition) is 1. The van der Waals surface area contributed by atoms with Crippen LogP contribution in [-0.4, -0.2) is 49.8 Å². The van der Waals surface area contributed by atoms with Gasteiger partial charge in [-0.25, -0.2) is 4.98 Å². The van der Waals surface area contributed by atoms with Gasteiger partial charge >= 0.3 is 0 Å². The van der Waals surface area contributed by atoms with Crippen LogP contribution in [0.1, 0.15) is 36.5 Å². The molecule has 0 saturated heterocycles. The van der Waals surface area contributed by atoms with Gasteiger partial charge in [0.1, 0.15) is 0 Å². The number of aryl methyl sites for hydroxylation is 1. The molecule has 1 atom stereocenters. The highest BCUT2D eigenvalue weighted by molar-refractivity contribution is 5.92. The lowest BCUT2D eigenvalue weighted by atomic mass is 10.0. The number of amides is 1. The molecule has 7 nitrogen and oxygen atoms in total. The van der Waals surface area contributed by atoms with Crippen molar-refractivity contribution in [3.05, 3.63) is 36.2 Å². The van der Waals surface area contributed by atoms with Crippen LogP contribution in [0.2, 0.25) is 0 Å². The monoisotopic (exact) mass is 330 g/mol. The smallest absolute Gasteiger partial charge is 0.272 e. The van der Waals surface area contributed by atoms with E-state index < -0.39 is 0 Å². The topological polar surface area (TPSA) is 68.0 Å². The maximum absolute atomic E-state index is 12.6. The van der Waals surface area contributed by atoms with Crippen LogP contribution in [0.5, 0.6) is 0 Å². The summed E-state index contributed by atoms with van der Waals surface area (Å²) < 4.78 is 3.96. The number of carbonyl (C=O) groups is 1. The highest BCUT2D eigenvalue weighted by atomic mass is 16.2. The molecule has 0 saturated carbocycles. The summed E-state index contributed by atoms with van der Waals surface area (Å²) in [7, 11) is 2.10. The van der Waals surface area contributed by atoms with Gasteiger partial charge in [0, 0.05) is 44.6 Å². The van der Waals surface area contributed by atoms with Gasteiger partial charge in [-0.15, -0.1) is 0 Å². The Morgan fingerprint density at radius 2 is 2.21 bits per heavy atom. The molecule has 3 rings (SSSR count). The first-order chi connectivity index (χ1) is 11.5. The molecular weight excluding hydrogens is 304 g/mol. The SMILES string of the molecule is CC(C)C(Cn1ccnc1)NC(=O)c1cc2n(n1)CCCN(C)C2. The van der Waals surface area contributed by atoms with Crippen LogP contribution in [0, 0.1) is 5.92 Å². The molecule has 3 heterocycles. The zero-order valence-corrected chi connectivity index (χ0v) is 14.6. The van der Waals surface area contributed by atoms with Crippen molar-refractivity contribution < 1.29 is 4.79 Å². The Morgan fingerprint density at radius 1 is 1.38 bits per heavy atom. The Balaban J connectivity index is 1.70. The lowest BCUT2D eigenvalue weighted by molar-refractivity contribution is 0.0914. The molecule has 0 aromatic carbocycles. The summed E-state index contributed by atoms with van der Waals surface area (Å²) >= 11 is 0. The van der Waals surface area contributed by atoms with E-state index >= 15 is 0 Å². The van der Waals surface area contributed by atoms with E-state index in [1.165, 1.54) is 0 Å². The van der Waals surface area contributed by atoms with Crippen LogP contribution in [0.15, 0.2) is 24.8 Å². The highest BCUT2D eigenvalue weighted by Gasteiger charge is 2.22. The van der Waals surface area contributed by atoms with Crippen LogP contribution in [0.3, 0.4) is 0 Å². The van der Waals surface area contributed by atoms with Crippen molar-refractivity contribution in [3.63, 3.8) is 0 Å². The average Bonchev–Trinajstić information content (AvgIpc) is 3.14. The molecule has 0 aliphatic carbocycles. The van der Waals surface area contributed by atoms with Crippen molar-refractivity contribution >= 4 is 5.91 Å². The van der Waals surface area contributed by atoms with E-state index in [9.17, 15) is 4.79 Å². The fraction of sp³-hybridized carbons (Fsp3) is 0.588. The fourth-order valence-corrected chi connectivity index (χ4v) is 3.02. The maximum atomic E-state index is 12.6. The number of nitrogens with zero attached hydrogens (tertiary/aromatic N) is 5. The summed E-state index contributed by atoms with van der Waals surface area (Å²) in [6.45, 7) is 7.70. The minimum atomic E-state index is -0.1000. The van der Waals surface area contributed by atoms with Crippen molar-refractivity contribution in [2.24, 2.45) is 5.92 Å². The second kappa shape index (κ2) is 7.17. The molecule has 1 N–H and O–H groups in total. The summed E-state index contributed by atoms with van der Waals surface area (Å²) in [6.07, 6.45) is 6.50. The van der Waals surface area contributed by atoms with Crippen LogP contribution >= 0.6 is 0 Å². The quantitative estimate of drug-likeness (QED) is 0.899. The predicted octanol–water partition coefficient (Wildman–Crippen LogP) is 1.37. The molecule has 7 heteroatoms. The Bertz CT molecular complexity index is 675. The second-order valence-electron chi connectivity index (χ2n) is 6.92. The van der Waals surface area contributed by atoms with Crippen LogP contribution < -0.4 is 5.32 Å². The van der Waals surface area contributed by atoms with Crippen LogP contribution in [-0.2, 0) is 19.6 Å². The molecule has 24 heavy (non-hydrogen) atoms. The molecular formula is C17H26N6O. The normalized spacial score (nSPS) is 16.7. The third-order valence-electron chi connectivity index (χ3n) is 4.53. The van der Waals surface area contributed by atoms with E-state index in [4.69, 9.17) is 0 Å². The number of imidazole rings is 1. The van der Waals surface area contributed by atoms with Crippen LogP contribution in [0.4, 0.5) is 0 Å². The standard InChI is InChI=1S/C17H26N6O/c1-13(2)16(11-22-8-5-18-12-22)19-17(24)15-9-14-10-21(3)6-4-7-23(14)20-15/h5,8-9,12-13,16H,4,6-7,10-11H2,1-3H3,(H,19,24). The molecule has 1 aliphatic rings. The zero-order chi connectivity index (χ0) is 17.1. The van der Waals surface area contributed by atoms with E-state index in [0.717, 1.165) is 31.7 Å². The first-order valence-corrected chi connectivity index (χ1v) is 8.55. The highest BCUT2D eigenvalue weighted by Crippen LogP contribution is 2.13. The molecule has 2 aromatic rings. The van der Waals surface area contributed by atoms with Gasteiger partial charge in [0.15, 0.2) is 5.69 Å². The van der Waals surface area contributed by atoms with Crippen molar-refractivity contribution in [2.45, 2.75) is 45.9 Å². The lowest BCUT2D eigenvalue weighted by Gasteiger charge is -2.22. The van der Waals surface area contributed by atoms with E-state index in [1.807, 2.05) is 21.5 Å². The van der Waals surface area contributed by atoms with Crippen molar-refractivity contribution in [1.29, 1.82) is 0 Å². The molecule has 0 bridgehead atoms. The molecule has 1 amide bonds. The fourth-order valence-electron chi connectivity index (χ4n) is 3.02. The van der Waals surface area contributed by atoms with Gasteiger partial charge in [0.25, 0.3) is 5.91 Å². The van der Waals surface area contributed by atoms with E-state index in [-0.39, 0.29) is 11.9 Å². The average molecular weight is 330 g/mol. The van der Waals surface area contributed by atoms with E-state index in [0.29, 0.717) is 18.2 Å². The summed E-state index contributed by atoms with van der Waals surface area (Å²) in [5.41, 5.74) is 1.62. The minimum absolute atomic E-state index is 0.0379. The molecule has 1 unspecified atom stereocenters. The van der Waals surface area contributed by atoms with Crippen LogP contribution in [0.25, 0.3) is 0 Å². The van der Waals surface area contributed by atoms with Crippen molar-refractivity contribution in [1.82, 2.24) is 29.5 Å². The summed E-state index contributed by atoms with van der Waals surface area (Å²) in [5, 5.41) is 7.64. The van der Waals surface area contributed by atoms with E-state index in [1.54, 1.807) is 12.5 Å². The minimum Gasteiger partial charge on any atom is -0.346 e. The van der Waals surface area contributed by atoms with Gasteiger partial charge in [-0.05, 0) is 25.5 Å².